The Kier molecular flexibility index (Phi) is 3.18. The van der Waals surface area contributed by atoms with E-state index in [-0.39, 0.29) is 0 Å². The maximum Gasteiger partial charge on any atom is 0.00386 e. The molecule has 0 bridgehead atoms. The van der Waals surface area contributed by atoms with Gasteiger partial charge < -0.3 is 4.90 Å². The zero-order chi connectivity index (χ0) is 11.9. The molecular formula is C15H27N. The van der Waals surface area contributed by atoms with Crippen LogP contribution < -0.4 is 0 Å². The fourth-order valence-corrected chi connectivity index (χ4v) is 3.57. The van der Waals surface area contributed by atoms with Crippen molar-refractivity contribution in [2.45, 2.75) is 53.0 Å². The fraction of sp³-hybridized carbons (Fsp3) is 0.867. The van der Waals surface area contributed by atoms with Crippen LogP contribution in [0.15, 0.2) is 12.2 Å². The SMILES string of the molecule is C=C1C(C(C)C)CC12CCN(C(C)C)CC2. The first-order valence-corrected chi connectivity index (χ1v) is 6.89. The monoisotopic (exact) mass is 221 g/mol. The van der Waals surface area contributed by atoms with Gasteiger partial charge in [0.15, 0.2) is 0 Å². The molecule has 0 radical (unpaired) electrons. The van der Waals surface area contributed by atoms with Gasteiger partial charge in [-0.2, -0.15) is 0 Å². The van der Waals surface area contributed by atoms with Gasteiger partial charge in [0, 0.05) is 6.04 Å². The number of likely N-dealkylation sites (tertiary alicyclic amines) is 1. The molecule has 2 rings (SSSR count). The van der Waals surface area contributed by atoms with Gasteiger partial charge in [0.1, 0.15) is 0 Å². The van der Waals surface area contributed by atoms with Gasteiger partial charge in [-0.05, 0) is 63.5 Å². The quantitative estimate of drug-likeness (QED) is 0.643. The Bertz CT molecular complexity index is 269. The predicted molar refractivity (Wildman–Crippen MR) is 70.5 cm³/mol. The van der Waals surface area contributed by atoms with Crippen LogP contribution in [0.3, 0.4) is 0 Å². The topological polar surface area (TPSA) is 3.24 Å². The first-order chi connectivity index (χ1) is 7.46. The van der Waals surface area contributed by atoms with E-state index < -0.39 is 0 Å². The van der Waals surface area contributed by atoms with Crippen LogP contribution in [0.25, 0.3) is 0 Å². The Balaban J connectivity index is 1.93. The van der Waals surface area contributed by atoms with Crippen molar-refractivity contribution in [2.75, 3.05) is 13.1 Å². The van der Waals surface area contributed by atoms with Crippen LogP contribution >= 0.6 is 0 Å². The van der Waals surface area contributed by atoms with Crippen LogP contribution in [-0.4, -0.2) is 24.0 Å². The zero-order valence-corrected chi connectivity index (χ0v) is 11.4. The van der Waals surface area contributed by atoms with E-state index in [0.717, 1.165) is 11.8 Å². The summed E-state index contributed by atoms with van der Waals surface area (Å²) in [5, 5.41) is 0. The van der Waals surface area contributed by atoms with Crippen LogP contribution in [0.1, 0.15) is 47.0 Å². The molecule has 2 aliphatic rings. The summed E-state index contributed by atoms with van der Waals surface area (Å²) in [7, 11) is 0. The lowest BCUT2D eigenvalue weighted by atomic mass is 9.52. The van der Waals surface area contributed by atoms with Crippen molar-refractivity contribution in [1.82, 2.24) is 4.90 Å². The highest BCUT2D eigenvalue weighted by atomic mass is 15.2. The third-order valence-electron chi connectivity index (χ3n) is 5.03. The van der Waals surface area contributed by atoms with Crippen LogP contribution in [-0.2, 0) is 0 Å². The Hall–Kier alpha value is -0.300. The highest BCUT2D eigenvalue weighted by molar-refractivity contribution is 5.26. The van der Waals surface area contributed by atoms with E-state index >= 15 is 0 Å². The van der Waals surface area contributed by atoms with Crippen LogP contribution in [0.5, 0.6) is 0 Å². The van der Waals surface area contributed by atoms with Gasteiger partial charge in [-0.3, -0.25) is 0 Å². The highest BCUT2D eigenvalue weighted by Gasteiger charge is 2.49. The minimum atomic E-state index is 0.542. The van der Waals surface area contributed by atoms with Gasteiger partial charge in [0.2, 0.25) is 0 Å². The molecule has 1 aliphatic carbocycles. The highest BCUT2D eigenvalue weighted by Crippen LogP contribution is 2.58. The van der Waals surface area contributed by atoms with E-state index in [0.29, 0.717) is 11.5 Å². The summed E-state index contributed by atoms with van der Waals surface area (Å²) in [5.74, 6) is 1.60. The molecule has 0 aromatic rings. The maximum atomic E-state index is 4.39. The van der Waals surface area contributed by atoms with Crippen LogP contribution in [0, 0.1) is 17.3 Å². The molecule has 1 saturated carbocycles. The maximum absolute atomic E-state index is 4.39. The molecule has 1 spiro atoms. The Morgan fingerprint density at radius 1 is 1.19 bits per heavy atom. The summed E-state index contributed by atoms with van der Waals surface area (Å²) in [4.78, 5) is 2.61. The van der Waals surface area contributed by atoms with Crippen LogP contribution in [0.4, 0.5) is 0 Å². The van der Waals surface area contributed by atoms with Gasteiger partial charge in [-0.1, -0.05) is 26.0 Å². The van der Waals surface area contributed by atoms with Crippen molar-refractivity contribution in [3.63, 3.8) is 0 Å². The standard InChI is InChI=1S/C15H27N/c1-11(2)14-10-15(13(14)5)6-8-16(9-7-15)12(3)4/h11-12,14H,5-10H2,1-4H3. The van der Waals surface area contributed by atoms with Crippen molar-refractivity contribution in [2.24, 2.45) is 17.3 Å². The fourth-order valence-electron chi connectivity index (χ4n) is 3.57. The van der Waals surface area contributed by atoms with E-state index in [9.17, 15) is 0 Å². The first kappa shape index (κ1) is 12.2. The molecular weight excluding hydrogens is 194 g/mol. The lowest BCUT2D eigenvalue weighted by Gasteiger charge is -2.56. The Morgan fingerprint density at radius 2 is 1.75 bits per heavy atom. The minimum absolute atomic E-state index is 0.542. The number of piperidine rings is 1. The second-order valence-electron chi connectivity index (χ2n) is 6.49. The number of nitrogens with zero attached hydrogens (tertiary/aromatic N) is 1. The van der Waals surface area contributed by atoms with Crippen molar-refractivity contribution in [3.05, 3.63) is 12.2 Å². The molecule has 2 fully saturated rings. The van der Waals surface area contributed by atoms with E-state index in [1.807, 2.05) is 0 Å². The molecule has 1 heteroatoms. The molecule has 1 nitrogen and oxygen atoms in total. The molecule has 1 aliphatic heterocycles. The lowest BCUT2D eigenvalue weighted by molar-refractivity contribution is 0.0307. The lowest BCUT2D eigenvalue weighted by Crippen LogP contribution is -2.51. The number of hydrogen-bond acceptors (Lipinski definition) is 1. The third-order valence-corrected chi connectivity index (χ3v) is 5.03. The van der Waals surface area contributed by atoms with Gasteiger partial charge in [-0.15, -0.1) is 0 Å². The number of allylic oxidation sites excluding steroid dienone is 1. The Morgan fingerprint density at radius 3 is 2.12 bits per heavy atom. The Labute approximate surface area is 101 Å². The zero-order valence-electron chi connectivity index (χ0n) is 11.4. The molecule has 0 aromatic carbocycles. The predicted octanol–water partition coefficient (Wildman–Crippen LogP) is 3.71. The second-order valence-corrected chi connectivity index (χ2v) is 6.49. The average Bonchev–Trinajstić information content (AvgIpc) is 2.25. The summed E-state index contributed by atoms with van der Waals surface area (Å²) in [5.41, 5.74) is 2.12. The van der Waals surface area contributed by atoms with Gasteiger partial charge in [-0.25, -0.2) is 0 Å². The molecule has 0 N–H and O–H groups in total. The van der Waals surface area contributed by atoms with Crippen molar-refractivity contribution < 1.29 is 0 Å². The van der Waals surface area contributed by atoms with E-state index in [1.54, 1.807) is 5.57 Å². The van der Waals surface area contributed by atoms with Crippen molar-refractivity contribution in [3.8, 4) is 0 Å². The van der Waals surface area contributed by atoms with Gasteiger partial charge in [0.25, 0.3) is 0 Å². The minimum Gasteiger partial charge on any atom is -0.301 e. The van der Waals surface area contributed by atoms with Crippen LogP contribution in [0.2, 0.25) is 0 Å². The molecule has 1 saturated heterocycles. The summed E-state index contributed by atoms with van der Waals surface area (Å²) in [6, 6.07) is 0.714. The first-order valence-electron chi connectivity index (χ1n) is 6.89. The molecule has 1 unspecified atom stereocenters. The van der Waals surface area contributed by atoms with Crippen molar-refractivity contribution >= 4 is 0 Å². The molecule has 16 heavy (non-hydrogen) atoms. The normalized spacial score (nSPS) is 30.1. The van der Waals surface area contributed by atoms with Gasteiger partial charge >= 0.3 is 0 Å². The van der Waals surface area contributed by atoms with Crippen molar-refractivity contribution in [1.29, 1.82) is 0 Å². The van der Waals surface area contributed by atoms with Gasteiger partial charge in [0.05, 0.1) is 0 Å². The summed E-state index contributed by atoms with van der Waals surface area (Å²) >= 11 is 0. The van der Waals surface area contributed by atoms with E-state index in [4.69, 9.17) is 0 Å². The molecule has 1 atom stereocenters. The molecule has 0 amide bonds. The second kappa shape index (κ2) is 4.18. The number of hydrogen-bond donors (Lipinski definition) is 0. The smallest absolute Gasteiger partial charge is 0.00386 e. The molecule has 92 valence electrons. The molecule has 0 aromatic heterocycles. The average molecular weight is 221 g/mol. The van der Waals surface area contributed by atoms with E-state index in [2.05, 4.69) is 39.2 Å². The summed E-state index contributed by atoms with van der Waals surface area (Å²) in [6.45, 7) is 16.2. The van der Waals surface area contributed by atoms with E-state index in [1.165, 1.54) is 32.4 Å². The summed E-state index contributed by atoms with van der Waals surface area (Å²) in [6.07, 6.45) is 4.12. The largest absolute Gasteiger partial charge is 0.301 e. The molecule has 1 heterocycles. The summed E-state index contributed by atoms with van der Waals surface area (Å²) < 4.78 is 0. The third kappa shape index (κ3) is 1.84. The number of rotatable bonds is 2.